The summed E-state index contributed by atoms with van der Waals surface area (Å²) in [6.07, 6.45) is 1.39. The number of nitrogen functional groups attached to an aromatic ring is 1. The predicted octanol–water partition coefficient (Wildman–Crippen LogP) is 3.04. The molecule has 0 saturated heterocycles. The van der Waals surface area contributed by atoms with Crippen molar-refractivity contribution in [3.05, 3.63) is 33.5 Å². The summed E-state index contributed by atoms with van der Waals surface area (Å²) >= 11 is 6.88. The minimum Gasteiger partial charge on any atom is -0.490 e. The maximum absolute atomic E-state index is 5.38. The lowest BCUT2D eigenvalue weighted by Crippen LogP contribution is -2.11. The van der Waals surface area contributed by atoms with Crippen LogP contribution in [0.15, 0.2) is 33.5 Å². The average molecular weight is 389 g/mol. The number of benzene rings is 1. The summed E-state index contributed by atoms with van der Waals surface area (Å²) in [5, 5.41) is 3.16. The molecule has 6 nitrogen and oxygen atoms in total. The fraction of sp³-hybridized carbons (Fsp3) is 0.0909. The van der Waals surface area contributed by atoms with E-state index in [4.69, 9.17) is 10.6 Å². The highest BCUT2D eigenvalue weighted by Gasteiger charge is 2.12. The molecule has 0 fully saturated rings. The van der Waals surface area contributed by atoms with Gasteiger partial charge in [0.2, 0.25) is 5.75 Å². The van der Waals surface area contributed by atoms with Crippen molar-refractivity contribution < 1.29 is 4.74 Å². The molecule has 0 amide bonds. The van der Waals surface area contributed by atoms with Crippen molar-refractivity contribution in [1.82, 2.24) is 9.97 Å². The van der Waals surface area contributed by atoms with Crippen LogP contribution in [0.2, 0.25) is 0 Å². The highest BCUT2D eigenvalue weighted by Crippen LogP contribution is 2.34. The van der Waals surface area contributed by atoms with E-state index in [2.05, 4.69) is 52.6 Å². The number of hydrogen-bond acceptors (Lipinski definition) is 6. The summed E-state index contributed by atoms with van der Waals surface area (Å²) in [6, 6.07) is 5.77. The molecule has 1 aromatic carbocycles. The third-order valence-electron chi connectivity index (χ3n) is 2.33. The second-order valence-corrected chi connectivity index (χ2v) is 5.27. The quantitative estimate of drug-likeness (QED) is 0.551. The number of nitrogens with one attached hydrogen (secondary N) is 2. The third-order valence-corrected chi connectivity index (χ3v) is 3.51. The molecular weight excluding hydrogens is 378 g/mol. The van der Waals surface area contributed by atoms with Crippen LogP contribution in [0.4, 0.5) is 17.3 Å². The van der Waals surface area contributed by atoms with Crippen LogP contribution in [0.1, 0.15) is 0 Å². The summed E-state index contributed by atoms with van der Waals surface area (Å²) in [4.78, 5) is 8.12. The van der Waals surface area contributed by atoms with Gasteiger partial charge in [-0.3, -0.25) is 0 Å². The first-order valence-electron chi connectivity index (χ1n) is 5.23. The molecule has 0 radical (unpaired) electrons. The Hall–Kier alpha value is -1.38. The number of anilines is 3. The normalized spacial score (nSPS) is 10.1. The van der Waals surface area contributed by atoms with Crippen LogP contribution < -0.4 is 21.3 Å². The molecule has 2 aromatic rings. The SMILES string of the molecule is COc1c(NN)ncnc1Nc1cc(Br)ccc1Br. The lowest BCUT2D eigenvalue weighted by molar-refractivity contribution is 0.415. The number of nitrogens with two attached hydrogens (primary N) is 1. The van der Waals surface area contributed by atoms with Crippen molar-refractivity contribution in [2.75, 3.05) is 17.9 Å². The first kappa shape index (κ1) is 14.0. The summed E-state index contributed by atoms with van der Waals surface area (Å²) in [7, 11) is 1.53. The maximum Gasteiger partial charge on any atom is 0.205 e. The van der Waals surface area contributed by atoms with E-state index in [9.17, 15) is 0 Å². The molecule has 8 heteroatoms. The molecule has 19 heavy (non-hydrogen) atoms. The molecular formula is C11H11Br2N5O. The Labute approximate surface area is 127 Å². The van der Waals surface area contributed by atoms with E-state index in [0.29, 0.717) is 17.4 Å². The largest absolute Gasteiger partial charge is 0.490 e. The number of methoxy groups -OCH3 is 1. The molecule has 0 atom stereocenters. The summed E-state index contributed by atoms with van der Waals surface area (Å²) in [6.45, 7) is 0. The molecule has 0 unspecified atom stereocenters. The number of halogens is 2. The molecule has 0 aliphatic carbocycles. The zero-order valence-electron chi connectivity index (χ0n) is 9.95. The van der Waals surface area contributed by atoms with E-state index in [1.54, 1.807) is 0 Å². The topological polar surface area (TPSA) is 85.1 Å². The van der Waals surface area contributed by atoms with Crippen LogP contribution in [0.25, 0.3) is 0 Å². The third kappa shape index (κ3) is 3.14. The van der Waals surface area contributed by atoms with E-state index >= 15 is 0 Å². The van der Waals surface area contributed by atoms with E-state index in [1.807, 2.05) is 18.2 Å². The number of ether oxygens (including phenoxy) is 1. The Morgan fingerprint density at radius 3 is 2.63 bits per heavy atom. The van der Waals surface area contributed by atoms with Crippen molar-refractivity contribution in [3.63, 3.8) is 0 Å². The Kier molecular flexibility index (Phi) is 4.56. The monoisotopic (exact) mass is 387 g/mol. The van der Waals surface area contributed by atoms with Crippen LogP contribution in [0.5, 0.6) is 5.75 Å². The number of nitrogens with zero attached hydrogens (tertiary/aromatic N) is 2. The summed E-state index contributed by atoms with van der Waals surface area (Å²) < 4.78 is 7.10. The maximum atomic E-state index is 5.38. The van der Waals surface area contributed by atoms with Gasteiger partial charge in [-0.15, -0.1) is 0 Å². The number of aromatic nitrogens is 2. The van der Waals surface area contributed by atoms with E-state index in [1.165, 1.54) is 13.4 Å². The minimum atomic E-state index is 0.408. The molecule has 0 saturated carbocycles. The lowest BCUT2D eigenvalue weighted by atomic mass is 10.3. The van der Waals surface area contributed by atoms with Crippen LogP contribution in [-0.2, 0) is 0 Å². The molecule has 4 N–H and O–H groups in total. The second kappa shape index (κ2) is 6.18. The highest BCUT2D eigenvalue weighted by molar-refractivity contribution is 9.11. The van der Waals surface area contributed by atoms with Gasteiger partial charge in [0, 0.05) is 8.95 Å². The van der Waals surface area contributed by atoms with Gasteiger partial charge in [-0.2, -0.15) is 0 Å². The second-order valence-electron chi connectivity index (χ2n) is 3.50. The highest BCUT2D eigenvalue weighted by atomic mass is 79.9. The van der Waals surface area contributed by atoms with Gasteiger partial charge in [0.25, 0.3) is 0 Å². The molecule has 0 bridgehead atoms. The van der Waals surface area contributed by atoms with E-state index < -0.39 is 0 Å². The molecule has 2 rings (SSSR count). The van der Waals surface area contributed by atoms with E-state index in [0.717, 1.165) is 14.6 Å². The van der Waals surface area contributed by atoms with Crippen molar-refractivity contribution in [2.45, 2.75) is 0 Å². The zero-order valence-corrected chi connectivity index (χ0v) is 13.1. The Morgan fingerprint density at radius 2 is 1.95 bits per heavy atom. The van der Waals surface area contributed by atoms with Gasteiger partial charge in [-0.1, -0.05) is 15.9 Å². The van der Waals surface area contributed by atoms with Gasteiger partial charge in [0.15, 0.2) is 11.6 Å². The van der Waals surface area contributed by atoms with E-state index in [-0.39, 0.29) is 0 Å². The van der Waals surface area contributed by atoms with Gasteiger partial charge in [0.05, 0.1) is 12.8 Å². The van der Waals surface area contributed by atoms with Gasteiger partial charge >= 0.3 is 0 Å². The number of rotatable bonds is 4. The Bertz CT molecular complexity index is 593. The van der Waals surface area contributed by atoms with Gasteiger partial charge in [-0.05, 0) is 34.1 Å². The minimum absolute atomic E-state index is 0.408. The fourth-order valence-electron chi connectivity index (χ4n) is 1.48. The van der Waals surface area contributed by atoms with Crippen LogP contribution in [0.3, 0.4) is 0 Å². The lowest BCUT2D eigenvalue weighted by Gasteiger charge is -2.13. The fourth-order valence-corrected chi connectivity index (χ4v) is 2.19. The van der Waals surface area contributed by atoms with Crippen LogP contribution in [-0.4, -0.2) is 17.1 Å². The van der Waals surface area contributed by atoms with Crippen molar-refractivity contribution in [1.29, 1.82) is 0 Å². The molecule has 0 spiro atoms. The van der Waals surface area contributed by atoms with Crippen LogP contribution >= 0.6 is 31.9 Å². The average Bonchev–Trinajstić information content (AvgIpc) is 2.42. The first-order valence-corrected chi connectivity index (χ1v) is 6.82. The molecule has 0 aliphatic heterocycles. The van der Waals surface area contributed by atoms with Crippen molar-refractivity contribution >= 4 is 49.2 Å². The van der Waals surface area contributed by atoms with Crippen molar-refractivity contribution in [3.8, 4) is 5.75 Å². The van der Waals surface area contributed by atoms with Crippen molar-refractivity contribution in [2.24, 2.45) is 5.84 Å². The predicted molar refractivity (Wildman–Crippen MR) is 81.5 cm³/mol. The van der Waals surface area contributed by atoms with Gasteiger partial charge in [0.1, 0.15) is 6.33 Å². The molecule has 100 valence electrons. The molecule has 0 aliphatic rings. The summed E-state index contributed by atoms with van der Waals surface area (Å²) in [5.74, 6) is 6.75. The first-order chi connectivity index (χ1) is 9.15. The summed E-state index contributed by atoms with van der Waals surface area (Å²) in [5.41, 5.74) is 3.30. The smallest absolute Gasteiger partial charge is 0.205 e. The van der Waals surface area contributed by atoms with Crippen LogP contribution in [0, 0.1) is 0 Å². The Morgan fingerprint density at radius 1 is 1.21 bits per heavy atom. The number of hydrogen-bond donors (Lipinski definition) is 3. The molecule has 1 heterocycles. The number of hydrazine groups is 1. The van der Waals surface area contributed by atoms with Gasteiger partial charge in [-0.25, -0.2) is 15.8 Å². The zero-order chi connectivity index (χ0) is 13.8. The van der Waals surface area contributed by atoms with Gasteiger partial charge < -0.3 is 15.5 Å². The molecule has 1 aromatic heterocycles. The standard InChI is InChI=1S/C11H11Br2N5O/c1-19-9-10(15-5-16-11(9)18-14)17-8-4-6(12)2-3-7(8)13/h2-5H,14H2,1H3,(H2,15,16,17,18). The Balaban J connectivity index is 2.40.